The van der Waals surface area contributed by atoms with Crippen molar-refractivity contribution in [2.75, 3.05) is 0 Å². The molecular formula is C17H22O2. The lowest BCUT2D eigenvalue weighted by Crippen LogP contribution is -1.81. The average Bonchev–Trinajstić information content (AvgIpc) is 2.43. The summed E-state index contributed by atoms with van der Waals surface area (Å²) in [5.41, 5.74) is 2.30. The summed E-state index contributed by atoms with van der Waals surface area (Å²) in [7, 11) is 0. The summed E-state index contributed by atoms with van der Waals surface area (Å²) in [6.07, 6.45) is 3.07. The minimum absolute atomic E-state index is 0.340. The first-order valence-corrected chi connectivity index (χ1v) is 6.72. The van der Waals surface area contributed by atoms with E-state index < -0.39 is 0 Å². The zero-order valence-corrected chi connectivity index (χ0v) is 11.6. The normalized spacial score (nSPS) is 9.58. The molecule has 0 radical (unpaired) electrons. The van der Waals surface area contributed by atoms with Gasteiger partial charge in [0.05, 0.1) is 0 Å². The van der Waals surface area contributed by atoms with Gasteiger partial charge in [-0.05, 0) is 42.2 Å². The zero-order chi connectivity index (χ0) is 14.1. The van der Waals surface area contributed by atoms with E-state index in [0.717, 1.165) is 24.8 Å². The maximum atomic E-state index is 9.24. The van der Waals surface area contributed by atoms with Crippen LogP contribution in [-0.2, 0) is 12.8 Å². The maximum Gasteiger partial charge on any atom is 0.118 e. The van der Waals surface area contributed by atoms with Crippen LogP contribution < -0.4 is 0 Å². The van der Waals surface area contributed by atoms with E-state index in [1.165, 1.54) is 5.56 Å². The molecule has 2 aromatic rings. The number of phenols is 2. The van der Waals surface area contributed by atoms with Crippen molar-refractivity contribution < 1.29 is 10.2 Å². The lowest BCUT2D eigenvalue weighted by molar-refractivity contribution is 0.467. The first kappa shape index (κ1) is 15.1. The minimum atomic E-state index is 0.340. The summed E-state index contributed by atoms with van der Waals surface area (Å²) < 4.78 is 0. The Morgan fingerprint density at radius 1 is 0.842 bits per heavy atom. The lowest BCUT2D eigenvalue weighted by atomic mass is 10.1. The number of aryl methyl sites for hydroxylation is 2. The molecule has 0 fully saturated rings. The van der Waals surface area contributed by atoms with Gasteiger partial charge in [-0.1, -0.05) is 50.6 Å². The Morgan fingerprint density at radius 3 is 2.00 bits per heavy atom. The Hall–Kier alpha value is -1.96. The van der Waals surface area contributed by atoms with Crippen LogP contribution in [0.4, 0.5) is 0 Å². The van der Waals surface area contributed by atoms with Crippen LogP contribution in [0.3, 0.4) is 0 Å². The van der Waals surface area contributed by atoms with E-state index in [-0.39, 0.29) is 0 Å². The standard InChI is InChI=1S/C9H12O.C8H10O/c1-2-5-8-6-3-4-7-9(8)10;1-2-7-3-5-8(9)6-4-7/h3-4,6-7,10H,2,5H2,1H3;3-6,9H,2H2,1H3. The summed E-state index contributed by atoms with van der Waals surface area (Å²) in [6, 6.07) is 14.7. The monoisotopic (exact) mass is 258 g/mol. The molecule has 2 aromatic carbocycles. The van der Waals surface area contributed by atoms with Crippen LogP contribution in [0.15, 0.2) is 48.5 Å². The van der Waals surface area contributed by atoms with Gasteiger partial charge in [-0.25, -0.2) is 0 Å². The van der Waals surface area contributed by atoms with Crippen molar-refractivity contribution >= 4 is 0 Å². The summed E-state index contributed by atoms with van der Waals surface area (Å²) >= 11 is 0. The maximum absolute atomic E-state index is 9.24. The molecule has 2 nitrogen and oxygen atoms in total. The Balaban J connectivity index is 0.000000191. The molecule has 0 bridgehead atoms. The van der Waals surface area contributed by atoms with Crippen LogP contribution in [0.25, 0.3) is 0 Å². The van der Waals surface area contributed by atoms with Gasteiger partial charge in [0.1, 0.15) is 11.5 Å². The molecule has 2 N–H and O–H groups in total. The van der Waals surface area contributed by atoms with Gasteiger partial charge >= 0.3 is 0 Å². The predicted octanol–water partition coefficient (Wildman–Crippen LogP) is 4.30. The number of para-hydroxylation sites is 1. The highest BCUT2D eigenvalue weighted by atomic mass is 16.3. The molecule has 2 heteroatoms. The molecule has 2 rings (SSSR count). The number of benzene rings is 2. The molecule has 0 saturated carbocycles. The third kappa shape index (κ3) is 5.47. The molecule has 0 heterocycles. The van der Waals surface area contributed by atoms with Crippen LogP contribution in [-0.4, -0.2) is 10.2 Å². The van der Waals surface area contributed by atoms with Gasteiger partial charge in [0, 0.05) is 0 Å². The Morgan fingerprint density at radius 2 is 1.47 bits per heavy atom. The molecule has 0 atom stereocenters. The molecule has 0 amide bonds. The largest absolute Gasteiger partial charge is 0.508 e. The fraction of sp³-hybridized carbons (Fsp3) is 0.294. The predicted molar refractivity (Wildman–Crippen MR) is 79.6 cm³/mol. The van der Waals surface area contributed by atoms with E-state index in [4.69, 9.17) is 5.11 Å². The van der Waals surface area contributed by atoms with Crippen LogP contribution in [0.1, 0.15) is 31.4 Å². The minimum Gasteiger partial charge on any atom is -0.508 e. The topological polar surface area (TPSA) is 40.5 Å². The smallest absolute Gasteiger partial charge is 0.118 e. The first-order chi connectivity index (χ1) is 9.17. The van der Waals surface area contributed by atoms with Gasteiger partial charge in [0.25, 0.3) is 0 Å². The van der Waals surface area contributed by atoms with Gasteiger partial charge in [-0.2, -0.15) is 0 Å². The second-order valence-electron chi connectivity index (χ2n) is 4.40. The SMILES string of the molecule is CCCc1ccccc1O.CCc1ccc(O)cc1. The summed E-state index contributed by atoms with van der Waals surface area (Å²) in [4.78, 5) is 0. The second kappa shape index (κ2) is 8.20. The summed E-state index contributed by atoms with van der Waals surface area (Å²) in [5.74, 6) is 0.761. The molecule has 0 aliphatic rings. The van der Waals surface area contributed by atoms with E-state index in [2.05, 4.69) is 13.8 Å². The Kier molecular flexibility index (Phi) is 6.51. The van der Waals surface area contributed by atoms with Gasteiger partial charge in [-0.3, -0.25) is 0 Å². The van der Waals surface area contributed by atoms with Crippen molar-refractivity contribution in [3.8, 4) is 11.5 Å². The average molecular weight is 258 g/mol. The van der Waals surface area contributed by atoms with E-state index in [0.29, 0.717) is 11.5 Å². The molecule has 0 spiro atoms. The van der Waals surface area contributed by atoms with Gasteiger partial charge in [-0.15, -0.1) is 0 Å². The molecule has 0 aliphatic heterocycles. The van der Waals surface area contributed by atoms with Crippen LogP contribution in [0.5, 0.6) is 11.5 Å². The first-order valence-electron chi connectivity index (χ1n) is 6.72. The lowest BCUT2D eigenvalue weighted by Gasteiger charge is -1.99. The molecule has 0 saturated heterocycles. The highest BCUT2D eigenvalue weighted by Crippen LogP contribution is 2.16. The number of hydrogen-bond donors (Lipinski definition) is 2. The molecular weight excluding hydrogens is 236 g/mol. The van der Waals surface area contributed by atoms with E-state index in [9.17, 15) is 5.11 Å². The van der Waals surface area contributed by atoms with Gasteiger partial charge < -0.3 is 10.2 Å². The van der Waals surface area contributed by atoms with Crippen LogP contribution in [0, 0.1) is 0 Å². The number of rotatable bonds is 3. The van der Waals surface area contributed by atoms with Crippen molar-refractivity contribution in [3.63, 3.8) is 0 Å². The van der Waals surface area contributed by atoms with E-state index in [1.807, 2.05) is 30.3 Å². The van der Waals surface area contributed by atoms with E-state index in [1.54, 1.807) is 18.2 Å². The molecule has 0 unspecified atom stereocenters. The molecule has 19 heavy (non-hydrogen) atoms. The van der Waals surface area contributed by atoms with Crippen LogP contribution >= 0.6 is 0 Å². The molecule has 0 aromatic heterocycles. The van der Waals surface area contributed by atoms with Crippen molar-refractivity contribution in [2.24, 2.45) is 0 Å². The Bertz CT molecular complexity index is 475. The second-order valence-corrected chi connectivity index (χ2v) is 4.40. The number of aromatic hydroxyl groups is 2. The highest BCUT2D eigenvalue weighted by Gasteiger charge is 1.95. The van der Waals surface area contributed by atoms with Crippen molar-refractivity contribution in [1.82, 2.24) is 0 Å². The van der Waals surface area contributed by atoms with Crippen molar-refractivity contribution in [1.29, 1.82) is 0 Å². The van der Waals surface area contributed by atoms with Crippen LogP contribution in [0.2, 0.25) is 0 Å². The van der Waals surface area contributed by atoms with Crippen molar-refractivity contribution in [2.45, 2.75) is 33.1 Å². The quantitative estimate of drug-likeness (QED) is 0.861. The van der Waals surface area contributed by atoms with E-state index >= 15 is 0 Å². The highest BCUT2D eigenvalue weighted by molar-refractivity contribution is 5.31. The third-order valence-electron chi connectivity index (χ3n) is 2.86. The zero-order valence-electron chi connectivity index (χ0n) is 11.6. The van der Waals surface area contributed by atoms with Gasteiger partial charge in [0.2, 0.25) is 0 Å². The number of phenolic OH excluding ortho intramolecular Hbond substituents is 2. The third-order valence-corrected chi connectivity index (χ3v) is 2.86. The fourth-order valence-electron chi connectivity index (χ4n) is 1.72. The Labute approximate surface area is 115 Å². The van der Waals surface area contributed by atoms with Gasteiger partial charge in [0.15, 0.2) is 0 Å². The molecule has 0 aliphatic carbocycles. The fourth-order valence-corrected chi connectivity index (χ4v) is 1.72. The number of hydrogen-bond acceptors (Lipinski definition) is 2. The summed E-state index contributed by atoms with van der Waals surface area (Å²) in [6.45, 7) is 4.19. The molecule has 102 valence electrons. The summed E-state index contributed by atoms with van der Waals surface area (Å²) in [5, 5.41) is 18.1. The van der Waals surface area contributed by atoms with Crippen molar-refractivity contribution in [3.05, 3.63) is 59.7 Å².